The van der Waals surface area contributed by atoms with Crippen LogP contribution in [0.25, 0.3) is 0 Å². The van der Waals surface area contributed by atoms with E-state index in [1.165, 1.54) is 0 Å². The topological polar surface area (TPSA) is 18.5 Å². The van der Waals surface area contributed by atoms with Gasteiger partial charge in [0.1, 0.15) is 0 Å². The maximum Gasteiger partial charge on any atom is 0.274 e. The summed E-state index contributed by atoms with van der Waals surface area (Å²) in [5.41, 5.74) is 0.550. The van der Waals surface area contributed by atoms with E-state index < -0.39 is 51.0 Å². The fourth-order valence-electron chi connectivity index (χ4n) is 5.02. The van der Waals surface area contributed by atoms with Crippen LogP contribution in [0.1, 0.15) is 0 Å². The van der Waals surface area contributed by atoms with E-state index in [9.17, 15) is 0 Å². The van der Waals surface area contributed by atoms with E-state index in [4.69, 9.17) is 69.1 Å². The van der Waals surface area contributed by atoms with E-state index >= 15 is 0 Å². The van der Waals surface area contributed by atoms with Crippen LogP contribution in [0, 0.1) is 0 Å². The quantitative estimate of drug-likeness (QED) is 0.354. The van der Waals surface area contributed by atoms with Crippen LogP contribution in [0.5, 0.6) is 0 Å². The lowest BCUT2D eigenvalue weighted by Crippen LogP contribution is -2.65. The van der Waals surface area contributed by atoms with E-state index in [-0.39, 0.29) is 23.9 Å². The first kappa shape index (κ1) is 28.1. The second-order valence-corrected chi connectivity index (χ2v) is 30.4. The Morgan fingerprint density at radius 2 is 1.00 bits per heavy atom. The minimum Gasteiger partial charge on any atom is -0.445 e. The summed E-state index contributed by atoms with van der Waals surface area (Å²) in [6.45, 7) is 17.0. The molecule has 0 aliphatic carbocycles. The van der Waals surface area contributed by atoms with Crippen molar-refractivity contribution in [2.45, 2.75) is 63.3 Å². The zero-order valence-corrected chi connectivity index (χ0v) is 24.0. The average Bonchev–Trinajstić information content (AvgIpc) is 3.09. The lowest BCUT2D eigenvalue weighted by atomic mass is 8.57. The molecule has 0 aromatic heterocycles. The molecule has 1 saturated heterocycles. The first-order valence-electron chi connectivity index (χ1n) is 9.77. The lowest BCUT2D eigenvalue weighted by Gasteiger charge is -2.35. The van der Waals surface area contributed by atoms with Crippen LogP contribution in [0.3, 0.4) is 0 Å². The normalized spacial score (nSPS) is 20.7. The highest BCUT2D eigenvalue weighted by Crippen LogP contribution is 2.62. The molecule has 2 unspecified atom stereocenters. The monoisotopic (exact) mass is 470 g/mol. The molecule has 2 atom stereocenters. The van der Waals surface area contributed by atoms with Gasteiger partial charge >= 0.3 is 0 Å². The molecular formula is C10H26B10Cl2O2Si4. The number of halogens is 2. The van der Waals surface area contributed by atoms with Crippen LogP contribution < -0.4 is 0 Å². The average molecular weight is 470 g/mol. The summed E-state index contributed by atoms with van der Waals surface area (Å²) in [5, 5.41) is 0. The second kappa shape index (κ2) is 9.48. The highest BCUT2D eigenvalue weighted by molar-refractivity contribution is 8.01. The molecular weight excluding hydrogens is 443 g/mol. The molecule has 0 amide bonds. The van der Waals surface area contributed by atoms with Gasteiger partial charge in [-0.3, -0.25) is 0 Å². The molecule has 28 heavy (non-hydrogen) atoms. The summed E-state index contributed by atoms with van der Waals surface area (Å²) in [6, 6.07) is 0. The largest absolute Gasteiger partial charge is 0.445 e. The van der Waals surface area contributed by atoms with Gasteiger partial charge in [-0.25, -0.2) is 0 Å². The summed E-state index contributed by atoms with van der Waals surface area (Å²) in [6.07, 6.45) is -2.05. The van der Waals surface area contributed by atoms with E-state index in [0.29, 0.717) is 0 Å². The number of hydrogen-bond acceptors (Lipinski definition) is 2. The third-order valence-electron chi connectivity index (χ3n) is 5.47. The minimum absolute atomic E-state index is 0.147. The Labute approximate surface area is 195 Å². The minimum atomic E-state index is -2.24. The Morgan fingerprint density at radius 1 is 0.679 bits per heavy atom. The fraction of sp³-hybridized carbons (Fsp3) is 1.00. The molecule has 18 heteroatoms. The Hall–Kier alpha value is 2.02. The zero-order valence-electron chi connectivity index (χ0n) is 18.5. The third kappa shape index (κ3) is 7.56. The van der Waals surface area contributed by atoms with Crippen molar-refractivity contribution < 1.29 is 8.23 Å². The number of hydrogen-bond donors (Lipinski definition) is 0. The Bertz CT molecular complexity index is 513. The van der Waals surface area contributed by atoms with Gasteiger partial charge in [-0.15, -0.1) is 22.2 Å². The summed E-state index contributed by atoms with van der Waals surface area (Å²) in [4.78, 5) is 0. The molecule has 1 fully saturated rings. The Kier molecular flexibility index (Phi) is 9.50. The van der Waals surface area contributed by atoms with Gasteiger partial charge in [0.25, 0.3) is 15.3 Å². The van der Waals surface area contributed by atoms with Crippen molar-refractivity contribution in [3.05, 3.63) is 0 Å². The number of rotatable bonds is 10. The van der Waals surface area contributed by atoms with Gasteiger partial charge in [-0.1, -0.05) is 10.9 Å². The fourth-order valence-corrected chi connectivity index (χ4v) is 27.0. The summed E-state index contributed by atoms with van der Waals surface area (Å²) in [7, 11) is 21.7. The maximum absolute atomic E-state index is 6.56. The van der Waals surface area contributed by atoms with Crippen LogP contribution in [0.4, 0.5) is 0 Å². The van der Waals surface area contributed by atoms with Crippen LogP contribution in [0.15, 0.2) is 0 Å². The molecule has 10 radical (unpaired) electrons. The van der Waals surface area contributed by atoms with E-state index in [1.54, 1.807) is 0 Å². The predicted octanol–water partition coefficient (Wildman–Crippen LogP) is 1.26. The summed E-state index contributed by atoms with van der Waals surface area (Å²) >= 11 is 13.1. The van der Waals surface area contributed by atoms with Gasteiger partial charge in [0.2, 0.25) is 0 Å². The van der Waals surface area contributed by atoms with Gasteiger partial charge in [0.05, 0.1) is 6.60 Å². The molecule has 0 aromatic rings. The molecule has 1 heterocycles. The first-order chi connectivity index (χ1) is 12.2. The third-order valence-corrected chi connectivity index (χ3v) is 20.0. The van der Waals surface area contributed by atoms with Crippen LogP contribution in [0.2, 0.25) is 63.3 Å². The van der Waals surface area contributed by atoms with Crippen molar-refractivity contribution in [3.63, 3.8) is 0 Å². The molecule has 1 aliphatic heterocycles. The summed E-state index contributed by atoms with van der Waals surface area (Å²) < 4.78 is 13.0. The molecule has 2 nitrogen and oxygen atoms in total. The smallest absolute Gasteiger partial charge is 0.274 e. The van der Waals surface area contributed by atoms with Crippen molar-refractivity contribution in [1.82, 2.24) is 0 Å². The predicted molar refractivity (Wildman–Crippen MR) is 149 cm³/mol. The van der Waals surface area contributed by atoms with Crippen molar-refractivity contribution in [2.75, 3.05) is 0 Å². The molecule has 0 spiro atoms. The summed E-state index contributed by atoms with van der Waals surface area (Å²) in [5.74, 6) is 0. The van der Waals surface area contributed by atoms with Crippen molar-refractivity contribution in [2.24, 2.45) is 0 Å². The highest BCUT2D eigenvalue weighted by Gasteiger charge is 2.70. The molecule has 0 bridgehead atoms. The van der Waals surface area contributed by atoms with Crippen LogP contribution in [-0.2, 0) is 8.23 Å². The van der Waals surface area contributed by atoms with Gasteiger partial charge in [-0.2, -0.15) is 0 Å². The second-order valence-electron chi connectivity index (χ2n) is 10.1. The van der Waals surface area contributed by atoms with E-state index in [0.717, 1.165) is 0 Å². The lowest BCUT2D eigenvalue weighted by molar-refractivity contribution is 0.547. The van der Waals surface area contributed by atoms with E-state index in [1.807, 2.05) is 26.2 Å². The molecule has 1 rings (SSSR count). The Morgan fingerprint density at radius 3 is 1.21 bits per heavy atom. The molecule has 0 aromatic carbocycles. The van der Waals surface area contributed by atoms with Crippen LogP contribution in [-0.4, -0.2) is 103 Å². The van der Waals surface area contributed by atoms with E-state index in [2.05, 4.69) is 26.2 Å². The van der Waals surface area contributed by atoms with Gasteiger partial charge in [0, 0.05) is 64.2 Å². The van der Waals surface area contributed by atoms with Crippen molar-refractivity contribution in [1.29, 1.82) is 0 Å². The molecule has 0 saturated carbocycles. The van der Waals surface area contributed by atoms with Crippen molar-refractivity contribution >= 4 is 125 Å². The molecule has 138 valence electrons. The molecule has 1 aliphatic rings. The maximum atomic E-state index is 6.56. The highest BCUT2D eigenvalue weighted by atomic mass is 35.6. The Balaban J connectivity index is 3.35. The SMILES string of the molecule is [B]B([B])B([B])B(B([B])[B])B1C([Si](C)(C)O[Si](C)(C)Cl)C1[Si](C)(C)O[Si](C)(C)Cl. The molecule has 0 N–H and O–H groups in total. The zero-order chi connectivity index (χ0) is 22.5. The van der Waals surface area contributed by atoms with Gasteiger partial charge in [0.15, 0.2) is 16.6 Å². The van der Waals surface area contributed by atoms with Crippen LogP contribution >= 0.6 is 22.2 Å². The van der Waals surface area contributed by atoms with Gasteiger partial charge < -0.3 is 8.23 Å². The first-order valence-corrected chi connectivity index (χ1v) is 23.6. The van der Waals surface area contributed by atoms with Crippen molar-refractivity contribution in [3.8, 4) is 0 Å². The van der Waals surface area contributed by atoms with Gasteiger partial charge in [-0.05, 0) is 52.4 Å². The standard InChI is InChI=1S/C10H26B10Cl2O2Si4/c1-25(2,23-27(5,6)21)9-10(26(3,4)24-28(7,8)22)16(9)20(18(13)14)19(15)17(11)12/h9-10H,1-8H3.